The number of aromatic nitrogens is 3. The van der Waals surface area contributed by atoms with Crippen LogP contribution in [0.5, 0.6) is 0 Å². The summed E-state index contributed by atoms with van der Waals surface area (Å²) < 4.78 is 3.34. The molecule has 2 aromatic heterocycles. The smallest absolute Gasteiger partial charge is 0.291 e. The molecule has 3 aromatic rings. The van der Waals surface area contributed by atoms with Crippen LogP contribution in [0.15, 0.2) is 35.3 Å². The largest absolute Gasteiger partial charge is 0.353 e. The summed E-state index contributed by atoms with van der Waals surface area (Å²) in [4.78, 5) is 28.2. The van der Waals surface area contributed by atoms with Crippen molar-refractivity contribution >= 4 is 27.7 Å². The second kappa shape index (κ2) is 9.22. The van der Waals surface area contributed by atoms with Gasteiger partial charge in [0, 0.05) is 48.0 Å². The zero-order valence-corrected chi connectivity index (χ0v) is 18.8. The van der Waals surface area contributed by atoms with Gasteiger partial charge in [-0.15, -0.1) is 0 Å². The zero-order valence-electron chi connectivity index (χ0n) is 18.8. The number of rotatable bonds is 7. The fourth-order valence-electron chi connectivity index (χ4n) is 4.99. The quantitative estimate of drug-likeness (QED) is 0.634. The summed E-state index contributed by atoms with van der Waals surface area (Å²) >= 11 is 0. The van der Waals surface area contributed by atoms with Crippen LogP contribution in [0.25, 0.3) is 21.8 Å². The molecule has 0 radical (unpaired) electrons. The predicted octanol–water partition coefficient (Wildman–Crippen LogP) is 3.14. The average Bonchev–Trinajstić information content (AvgIpc) is 3.07. The van der Waals surface area contributed by atoms with E-state index in [4.69, 9.17) is 0 Å². The lowest BCUT2D eigenvalue weighted by molar-refractivity contribution is -0.122. The molecule has 1 saturated heterocycles. The van der Waals surface area contributed by atoms with E-state index in [0.29, 0.717) is 24.1 Å². The molecule has 7 nitrogen and oxygen atoms in total. The van der Waals surface area contributed by atoms with E-state index in [1.807, 2.05) is 24.3 Å². The van der Waals surface area contributed by atoms with E-state index >= 15 is 0 Å². The molecule has 4 rings (SSSR count). The van der Waals surface area contributed by atoms with Crippen LogP contribution in [0.3, 0.4) is 0 Å². The van der Waals surface area contributed by atoms with Crippen LogP contribution in [-0.2, 0) is 17.9 Å². The van der Waals surface area contributed by atoms with Crippen LogP contribution >= 0.6 is 0 Å². The summed E-state index contributed by atoms with van der Waals surface area (Å²) in [5, 5.41) is 9.16. The van der Waals surface area contributed by atoms with Crippen molar-refractivity contribution in [3.8, 4) is 0 Å². The summed E-state index contributed by atoms with van der Waals surface area (Å²) in [5.41, 5.74) is 1.45. The first kappa shape index (κ1) is 21.6. The normalized spacial score (nSPS) is 19.8. The number of carbonyl (C=O) groups excluding carboxylic acids is 1. The highest BCUT2D eigenvalue weighted by atomic mass is 16.2. The monoisotopic (exact) mass is 423 g/mol. The Bertz CT molecular complexity index is 1120. The second-order valence-corrected chi connectivity index (χ2v) is 8.76. The number of benzene rings is 1. The number of fused-ring (bicyclic) bond motifs is 3. The summed E-state index contributed by atoms with van der Waals surface area (Å²) in [6, 6.07) is 9.10. The number of piperidine rings is 1. The molecule has 1 aromatic carbocycles. The van der Waals surface area contributed by atoms with Gasteiger partial charge in [0.1, 0.15) is 12.1 Å². The van der Waals surface area contributed by atoms with Crippen molar-refractivity contribution in [3.63, 3.8) is 0 Å². The van der Waals surface area contributed by atoms with E-state index in [0.717, 1.165) is 35.8 Å². The molecule has 0 aliphatic carbocycles. The molecular weight excluding hydrogens is 390 g/mol. The minimum Gasteiger partial charge on any atom is -0.353 e. The highest BCUT2D eigenvalue weighted by Crippen LogP contribution is 2.26. The molecule has 0 unspecified atom stereocenters. The average molecular weight is 424 g/mol. The zero-order chi connectivity index (χ0) is 22.0. The van der Waals surface area contributed by atoms with Crippen LogP contribution in [-0.4, -0.2) is 50.3 Å². The molecule has 1 amide bonds. The molecule has 0 saturated carbocycles. The van der Waals surface area contributed by atoms with Crippen LogP contribution < -0.4 is 10.9 Å². The van der Waals surface area contributed by atoms with E-state index in [-0.39, 0.29) is 18.0 Å². The molecule has 0 bridgehead atoms. The van der Waals surface area contributed by atoms with Gasteiger partial charge >= 0.3 is 0 Å². The highest BCUT2D eigenvalue weighted by Gasteiger charge is 2.24. The third kappa shape index (κ3) is 4.24. The number of para-hydroxylation sites is 1. The maximum atomic E-state index is 13.2. The molecule has 31 heavy (non-hydrogen) atoms. The number of amides is 1. The molecule has 0 spiro atoms. The SMILES string of the molecule is CCCn1c2ccccc2c2cnn(CC(=O)NCCN3[C@@H](C)CCC[C@@H]3C)c(=O)c21. The second-order valence-electron chi connectivity index (χ2n) is 8.76. The molecule has 3 heterocycles. The molecule has 1 aliphatic heterocycles. The molecule has 2 atom stereocenters. The van der Waals surface area contributed by atoms with Crippen molar-refractivity contribution in [1.82, 2.24) is 24.6 Å². The van der Waals surface area contributed by atoms with Gasteiger partial charge in [0.25, 0.3) is 5.56 Å². The summed E-state index contributed by atoms with van der Waals surface area (Å²) in [5.74, 6) is -0.176. The lowest BCUT2D eigenvalue weighted by Crippen LogP contribution is -2.47. The third-order valence-electron chi connectivity index (χ3n) is 6.58. The summed E-state index contributed by atoms with van der Waals surface area (Å²) in [6.45, 7) is 8.71. The Kier molecular flexibility index (Phi) is 6.41. The molecule has 166 valence electrons. The van der Waals surface area contributed by atoms with Crippen molar-refractivity contribution in [3.05, 3.63) is 40.8 Å². The Morgan fingerprint density at radius 3 is 2.61 bits per heavy atom. The van der Waals surface area contributed by atoms with E-state index in [1.54, 1.807) is 6.20 Å². The first-order valence-corrected chi connectivity index (χ1v) is 11.5. The van der Waals surface area contributed by atoms with Gasteiger partial charge in [-0.1, -0.05) is 31.5 Å². The van der Waals surface area contributed by atoms with Crippen molar-refractivity contribution in [2.45, 2.75) is 71.6 Å². The Morgan fingerprint density at radius 1 is 1.13 bits per heavy atom. The topological polar surface area (TPSA) is 72.2 Å². The number of aryl methyl sites for hydroxylation is 1. The van der Waals surface area contributed by atoms with Crippen molar-refractivity contribution in [1.29, 1.82) is 0 Å². The van der Waals surface area contributed by atoms with Crippen molar-refractivity contribution in [2.24, 2.45) is 0 Å². The van der Waals surface area contributed by atoms with Crippen LogP contribution in [0.1, 0.15) is 46.5 Å². The fraction of sp³-hybridized carbons (Fsp3) is 0.542. The van der Waals surface area contributed by atoms with Gasteiger partial charge in [-0.05, 0) is 39.2 Å². The van der Waals surface area contributed by atoms with Crippen molar-refractivity contribution in [2.75, 3.05) is 13.1 Å². The Labute approximate surface area is 183 Å². The minimum absolute atomic E-state index is 0.0620. The van der Waals surface area contributed by atoms with Gasteiger partial charge < -0.3 is 9.88 Å². The van der Waals surface area contributed by atoms with E-state index < -0.39 is 0 Å². The molecule has 7 heteroatoms. The first-order chi connectivity index (χ1) is 15.0. The van der Waals surface area contributed by atoms with Crippen LogP contribution in [0, 0.1) is 0 Å². The Hall–Kier alpha value is -2.67. The third-order valence-corrected chi connectivity index (χ3v) is 6.58. The Morgan fingerprint density at radius 2 is 1.87 bits per heavy atom. The molecular formula is C24H33N5O2. The number of nitrogens with zero attached hydrogens (tertiary/aromatic N) is 4. The maximum Gasteiger partial charge on any atom is 0.291 e. The van der Waals surface area contributed by atoms with Gasteiger partial charge in [0.05, 0.1) is 6.20 Å². The number of hydrogen-bond acceptors (Lipinski definition) is 4. The standard InChI is InChI=1S/C24H33N5O2/c1-4-13-28-21-11-6-5-10-19(21)20-15-26-29(24(31)23(20)28)16-22(30)25-12-14-27-17(2)8-7-9-18(27)3/h5-6,10-11,15,17-18H,4,7-9,12-14,16H2,1-3H3,(H,25,30)/t17-,18-/m0/s1. The van der Waals surface area contributed by atoms with Crippen LogP contribution in [0.2, 0.25) is 0 Å². The van der Waals surface area contributed by atoms with Gasteiger partial charge in [-0.2, -0.15) is 5.10 Å². The number of nitrogens with one attached hydrogen (secondary N) is 1. The summed E-state index contributed by atoms with van der Waals surface area (Å²) in [6.07, 6.45) is 6.34. The predicted molar refractivity (Wildman–Crippen MR) is 124 cm³/mol. The van der Waals surface area contributed by atoms with E-state index in [9.17, 15) is 9.59 Å². The lowest BCUT2D eigenvalue weighted by atomic mass is 9.98. The van der Waals surface area contributed by atoms with Gasteiger partial charge in [0.2, 0.25) is 5.91 Å². The van der Waals surface area contributed by atoms with E-state index in [2.05, 4.69) is 40.7 Å². The van der Waals surface area contributed by atoms with E-state index in [1.165, 1.54) is 23.9 Å². The minimum atomic E-state index is -0.212. The molecule has 1 fully saturated rings. The summed E-state index contributed by atoms with van der Waals surface area (Å²) in [7, 11) is 0. The number of carbonyl (C=O) groups is 1. The maximum absolute atomic E-state index is 13.2. The van der Waals surface area contributed by atoms with Gasteiger partial charge in [0.15, 0.2) is 0 Å². The van der Waals surface area contributed by atoms with Gasteiger partial charge in [-0.3, -0.25) is 14.5 Å². The fourth-order valence-corrected chi connectivity index (χ4v) is 4.99. The lowest BCUT2D eigenvalue weighted by Gasteiger charge is -2.39. The first-order valence-electron chi connectivity index (χ1n) is 11.5. The van der Waals surface area contributed by atoms with Crippen molar-refractivity contribution < 1.29 is 4.79 Å². The molecule has 1 aliphatic rings. The highest BCUT2D eigenvalue weighted by molar-refractivity contribution is 6.07. The molecule has 1 N–H and O–H groups in total. The van der Waals surface area contributed by atoms with Crippen LogP contribution in [0.4, 0.5) is 0 Å². The van der Waals surface area contributed by atoms with Gasteiger partial charge in [-0.25, -0.2) is 4.68 Å². The number of likely N-dealkylation sites (tertiary alicyclic amines) is 1. The number of hydrogen-bond donors (Lipinski definition) is 1. The Balaban J connectivity index is 1.50.